The molecule has 0 amide bonds. The second-order valence-corrected chi connectivity index (χ2v) is 16.0. The number of halogens is 2. The molecule has 0 aliphatic rings. The van der Waals surface area contributed by atoms with Crippen molar-refractivity contribution in [2.24, 2.45) is 14.1 Å². The van der Waals surface area contributed by atoms with Crippen LogP contribution >= 0.6 is 23.2 Å². The molecule has 0 aliphatic carbocycles. The molecule has 6 rings (SSSR count). The van der Waals surface area contributed by atoms with Crippen molar-refractivity contribution < 1.29 is 38.7 Å². The number of aromatic nitrogens is 6. The number of hydrogen-bond donors (Lipinski definition) is 4. The zero-order chi connectivity index (χ0) is 45.6. The SMILES string of the molecule is Cc1c(COc2nc(OCc3cnn(C)c3)c(CNCCCC(=O)O)cc2Cl)cccc1-c1cccc(COc2nc(OCc3cnn(C)c3)c(CNCCCC(=O)O)cc2Cl)c1C. The Labute approximate surface area is 381 Å². The summed E-state index contributed by atoms with van der Waals surface area (Å²) in [7, 11) is 3.66. The van der Waals surface area contributed by atoms with Crippen molar-refractivity contribution in [3.63, 3.8) is 0 Å². The number of nitrogens with one attached hydrogen (secondary N) is 2. The summed E-state index contributed by atoms with van der Waals surface area (Å²) in [5.41, 5.74) is 9.08. The molecule has 0 saturated heterocycles. The van der Waals surface area contributed by atoms with Crippen LogP contribution in [-0.2, 0) is 63.2 Å². The van der Waals surface area contributed by atoms with E-state index in [0.29, 0.717) is 72.0 Å². The number of ether oxygens (including phenoxy) is 4. The van der Waals surface area contributed by atoms with E-state index in [1.165, 1.54) is 0 Å². The number of benzene rings is 2. The van der Waals surface area contributed by atoms with E-state index in [1.54, 1.807) is 33.9 Å². The number of pyridine rings is 2. The minimum atomic E-state index is -0.844. The van der Waals surface area contributed by atoms with Gasteiger partial charge in [0, 0.05) is 74.7 Å². The lowest BCUT2D eigenvalue weighted by molar-refractivity contribution is -0.138. The molecule has 4 heterocycles. The molecule has 2 aromatic carbocycles. The molecule has 0 unspecified atom stereocenters. The molecule has 0 radical (unpaired) electrons. The normalized spacial score (nSPS) is 11.2. The summed E-state index contributed by atoms with van der Waals surface area (Å²) in [6, 6.07) is 15.6. The van der Waals surface area contributed by atoms with Crippen molar-refractivity contribution in [1.29, 1.82) is 0 Å². The van der Waals surface area contributed by atoms with Gasteiger partial charge in [-0.15, -0.1) is 0 Å². The lowest BCUT2D eigenvalue weighted by atomic mass is 9.92. The summed E-state index contributed by atoms with van der Waals surface area (Å²) in [4.78, 5) is 31.3. The maximum atomic E-state index is 11.0. The first kappa shape index (κ1) is 47.3. The number of rotatable bonds is 25. The van der Waals surface area contributed by atoms with E-state index in [9.17, 15) is 9.59 Å². The third-order valence-corrected chi connectivity index (χ3v) is 10.8. The Hall–Kier alpha value is -6.20. The van der Waals surface area contributed by atoms with Crippen LogP contribution in [0.5, 0.6) is 23.5 Å². The molecule has 64 heavy (non-hydrogen) atoms. The van der Waals surface area contributed by atoms with Crippen molar-refractivity contribution in [1.82, 2.24) is 40.2 Å². The third-order valence-electron chi connectivity index (χ3n) is 10.3. The first-order valence-electron chi connectivity index (χ1n) is 20.7. The van der Waals surface area contributed by atoms with Gasteiger partial charge >= 0.3 is 11.9 Å². The average molecular weight is 916 g/mol. The maximum Gasteiger partial charge on any atom is 0.303 e. The highest BCUT2D eigenvalue weighted by atomic mass is 35.5. The van der Waals surface area contributed by atoms with Gasteiger partial charge in [0.25, 0.3) is 0 Å². The van der Waals surface area contributed by atoms with Crippen LogP contribution in [0.3, 0.4) is 0 Å². The molecule has 0 fully saturated rings. The Balaban J connectivity index is 1.15. The van der Waals surface area contributed by atoms with Crippen LogP contribution in [0.2, 0.25) is 10.0 Å². The van der Waals surface area contributed by atoms with Crippen LogP contribution in [0.15, 0.2) is 73.3 Å². The predicted octanol–water partition coefficient (Wildman–Crippen LogP) is 7.76. The highest BCUT2D eigenvalue weighted by Gasteiger charge is 2.18. The molecular formula is C46H52Cl2N8O8. The van der Waals surface area contributed by atoms with Crippen LogP contribution in [0.25, 0.3) is 11.1 Å². The van der Waals surface area contributed by atoms with Crippen LogP contribution in [-0.4, -0.2) is 64.8 Å². The lowest BCUT2D eigenvalue weighted by Gasteiger charge is -2.18. The topological polar surface area (TPSA) is 197 Å². The molecule has 18 heteroatoms. The molecule has 6 aromatic rings. The summed E-state index contributed by atoms with van der Waals surface area (Å²) in [5, 5.41) is 33.5. The molecule has 0 atom stereocenters. The van der Waals surface area contributed by atoms with Gasteiger partial charge in [-0.3, -0.25) is 19.0 Å². The second kappa shape index (κ2) is 22.9. The summed E-state index contributed by atoms with van der Waals surface area (Å²) in [6.07, 6.45) is 8.24. The van der Waals surface area contributed by atoms with E-state index in [2.05, 4.69) is 42.9 Å². The number of carbonyl (C=O) groups is 2. The van der Waals surface area contributed by atoms with Gasteiger partial charge < -0.3 is 39.8 Å². The van der Waals surface area contributed by atoms with E-state index in [-0.39, 0.29) is 51.0 Å². The molecule has 0 saturated carbocycles. The van der Waals surface area contributed by atoms with Gasteiger partial charge in [-0.1, -0.05) is 59.6 Å². The molecular weight excluding hydrogens is 863 g/mol. The minimum absolute atomic E-state index is 0.0673. The van der Waals surface area contributed by atoms with Gasteiger partial charge in [-0.2, -0.15) is 20.2 Å². The van der Waals surface area contributed by atoms with E-state index in [4.69, 9.17) is 52.4 Å². The number of carboxylic acids is 2. The fourth-order valence-corrected chi connectivity index (χ4v) is 7.28. The fraction of sp³-hybridized carbons (Fsp3) is 0.348. The molecule has 4 N–H and O–H groups in total. The van der Waals surface area contributed by atoms with E-state index >= 15 is 0 Å². The third kappa shape index (κ3) is 13.4. The maximum absolute atomic E-state index is 11.0. The Morgan fingerprint density at radius 2 is 1.02 bits per heavy atom. The highest BCUT2D eigenvalue weighted by molar-refractivity contribution is 6.32. The molecule has 16 nitrogen and oxygen atoms in total. The van der Waals surface area contributed by atoms with Crippen LogP contribution in [0, 0.1) is 13.8 Å². The van der Waals surface area contributed by atoms with Crippen LogP contribution in [0.4, 0.5) is 0 Å². The van der Waals surface area contributed by atoms with Crippen molar-refractivity contribution in [3.05, 3.63) is 128 Å². The monoisotopic (exact) mass is 914 g/mol. The Bertz CT molecular complexity index is 2370. The van der Waals surface area contributed by atoms with Crippen molar-refractivity contribution in [2.75, 3.05) is 13.1 Å². The number of aliphatic carboxylic acids is 2. The van der Waals surface area contributed by atoms with E-state index < -0.39 is 11.9 Å². The summed E-state index contributed by atoms with van der Waals surface area (Å²) in [6.45, 7) is 6.66. The van der Waals surface area contributed by atoms with Gasteiger partial charge in [-0.25, -0.2) is 0 Å². The van der Waals surface area contributed by atoms with Gasteiger partial charge in [0.15, 0.2) is 0 Å². The zero-order valence-corrected chi connectivity index (χ0v) is 37.7. The Morgan fingerprint density at radius 3 is 1.39 bits per heavy atom. The van der Waals surface area contributed by atoms with Gasteiger partial charge in [-0.05, 0) is 85.3 Å². The van der Waals surface area contributed by atoms with Gasteiger partial charge in [0.05, 0.1) is 12.4 Å². The van der Waals surface area contributed by atoms with Crippen LogP contribution < -0.4 is 29.6 Å². The first-order chi connectivity index (χ1) is 30.8. The molecule has 0 aliphatic heterocycles. The lowest BCUT2D eigenvalue weighted by Crippen LogP contribution is -2.17. The van der Waals surface area contributed by atoms with E-state index in [1.807, 2.05) is 64.6 Å². The van der Waals surface area contributed by atoms with Gasteiger partial charge in [0.2, 0.25) is 23.5 Å². The number of hydrogen-bond acceptors (Lipinski definition) is 12. The Kier molecular flexibility index (Phi) is 16.9. The highest BCUT2D eigenvalue weighted by Crippen LogP contribution is 2.35. The van der Waals surface area contributed by atoms with Crippen molar-refractivity contribution >= 4 is 35.1 Å². The smallest absolute Gasteiger partial charge is 0.303 e. The minimum Gasteiger partial charge on any atom is -0.481 e. The van der Waals surface area contributed by atoms with Crippen molar-refractivity contribution in [2.45, 2.75) is 79.0 Å². The molecule has 0 bridgehead atoms. The summed E-state index contributed by atoms with van der Waals surface area (Å²) in [5.74, 6) is -0.564. The summed E-state index contributed by atoms with van der Waals surface area (Å²) >= 11 is 13.5. The second-order valence-electron chi connectivity index (χ2n) is 15.2. The van der Waals surface area contributed by atoms with Crippen LogP contribution in [0.1, 0.15) is 70.2 Å². The quantitative estimate of drug-likeness (QED) is 0.0407. The van der Waals surface area contributed by atoms with E-state index in [0.717, 1.165) is 44.5 Å². The molecule has 4 aromatic heterocycles. The van der Waals surface area contributed by atoms with Crippen molar-refractivity contribution in [3.8, 4) is 34.6 Å². The Morgan fingerprint density at radius 1 is 0.609 bits per heavy atom. The number of aryl methyl sites for hydroxylation is 2. The molecule has 0 spiro atoms. The predicted molar refractivity (Wildman–Crippen MR) is 241 cm³/mol. The largest absolute Gasteiger partial charge is 0.481 e. The average Bonchev–Trinajstić information content (AvgIpc) is 3.89. The standard InChI is InChI=1S/C46H52Cl2N8O8/c1-29-33(27-63-45-39(47)17-35(21-49-15-7-13-41(57)58)43(53-45)61-25-31-19-51-55(3)23-31)9-5-11-37(29)38-12-6-10-34(30(38)2)28-64-46-40(48)18-36(22-50-16-8-14-42(59)60)44(54-46)62-26-32-20-52-56(4)24-32/h5-6,9-12,17-20,23-24,49-50H,7-8,13-16,21-22,25-28H2,1-4H3,(H,57,58)(H,59,60). The molecule has 338 valence electrons. The zero-order valence-electron chi connectivity index (χ0n) is 36.2. The fourth-order valence-electron chi connectivity index (χ4n) is 6.82. The number of carboxylic acid groups (broad SMARTS) is 2. The first-order valence-corrected chi connectivity index (χ1v) is 21.5. The number of nitrogens with zero attached hydrogens (tertiary/aromatic N) is 6. The van der Waals surface area contributed by atoms with Gasteiger partial charge in [0.1, 0.15) is 36.5 Å². The summed E-state index contributed by atoms with van der Waals surface area (Å²) < 4.78 is 28.2.